The molecule has 1 aromatic carbocycles. The van der Waals surface area contributed by atoms with Crippen LogP contribution in [0.4, 0.5) is 17.1 Å². The highest BCUT2D eigenvalue weighted by Gasteiger charge is 2.17. The summed E-state index contributed by atoms with van der Waals surface area (Å²) in [5.41, 5.74) is 7.94. The molecule has 0 unspecified atom stereocenters. The molecule has 104 valence electrons. The molecular weight excluding hydrogens is 258 g/mol. The molecule has 20 heavy (non-hydrogen) atoms. The van der Waals surface area contributed by atoms with Crippen molar-refractivity contribution in [2.24, 2.45) is 0 Å². The summed E-state index contributed by atoms with van der Waals surface area (Å²) in [4.78, 5) is 18.5. The van der Waals surface area contributed by atoms with Gasteiger partial charge in [-0.2, -0.15) is 0 Å². The quantitative estimate of drug-likeness (QED) is 0.621. The summed E-state index contributed by atoms with van der Waals surface area (Å²) in [6.45, 7) is 0.711. The Balaban J connectivity index is 1.69. The highest BCUT2D eigenvalue weighted by atomic mass is 16.5. The number of aromatic amines is 1. The third-order valence-corrected chi connectivity index (χ3v) is 3.02. The lowest BCUT2D eigenvalue weighted by atomic mass is 10.2. The SMILES string of the molecule is Nc1cc2c(cc1NCCc1ncc[nH]1)NC(=O)CO2. The van der Waals surface area contributed by atoms with Crippen molar-refractivity contribution in [1.82, 2.24) is 9.97 Å². The Morgan fingerprint density at radius 1 is 1.45 bits per heavy atom. The molecule has 1 amide bonds. The highest BCUT2D eigenvalue weighted by molar-refractivity contribution is 5.97. The van der Waals surface area contributed by atoms with E-state index in [1.807, 2.05) is 0 Å². The van der Waals surface area contributed by atoms with Crippen LogP contribution in [0.5, 0.6) is 5.75 Å². The van der Waals surface area contributed by atoms with E-state index in [0.29, 0.717) is 23.7 Å². The molecule has 2 aromatic rings. The molecule has 0 aliphatic carbocycles. The summed E-state index contributed by atoms with van der Waals surface area (Å²) in [5.74, 6) is 1.34. The molecule has 0 fully saturated rings. The average Bonchev–Trinajstić information content (AvgIpc) is 2.93. The minimum atomic E-state index is -0.163. The van der Waals surface area contributed by atoms with Gasteiger partial charge in [0, 0.05) is 31.4 Å². The number of carbonyl (C=O) groups is 1. The zero-order valence-corrected chi connectivity index (χ0v) is 10.8. The first kappa shape index (κ1) is 12.3. The number of hydrogen-bond donors (Lipinski definition) is 4. The third-order valence-electron chi connectivity index (χ3n) is 3.02. The van der Waals surface area contributed by atoms with Gasteiger partial charge in [-0.1, -0.05) is 0 Å². The molecule has 0 spiro atoms. The van der Waals surface area contributed by atoms with E-state index in [1.165, 1.54) is 0 Å². The number of nitrogens with one attached hydrogen (secondary N) is 3. The van der Waals surface area contributed by atoms with E-state index in [-0.39, 0.29) is 12.5 Å². The molecule has 3 rings (SSSR count). The van der Waals surface area contributed by atoms with Crippen LogP contribution in [0.1, 0.15) is 5.82 Å². The van der Waals surface area contributed by atoms with E-state index >= 15 is 0 Å². The Morgan fingerprint density at radius 2 is 2.35 bits per heavy atom. The first-order valence-corrected chi connectivity index (χ1v) is 6.30. The molecule has 0 atom stereocenters. The van der Waals surface area contributed by atoms with Crippen LogP contribution in [-0.2, 0) is 11.2 Å². The predicted octanol–water partition coefficient (Wildman–Crippen LogP) is 0.977. The number of nitrogen functional groups attached to an aromatic ring is 1. The molecule has 0 saturated carbocycles. The normalized spacial score (nSPS) is 13.3. The minimum Gasteiger partial charge on any atom is -0.482 e. The minimum absolute atomic E-state index is 0.0255. The van der Waals surface area contributed by atoms with E-state index in [4.69, 9.17) is 10.5 Å². The molecular formula is C13H15N5O2. The molecule has 1 aliphatic heterocycles. The maximum Gasteiger partial charge on any atom is 0.262 e. The number of benzene rings is 1. The van der Waals surface area contributed by atoms with Gasteiger partial charge in [-0.15, -0.1) is 0 Å². The highest BCUT2D eigenvalue weighted by Crippen LogP contribution is 2.35. The number of H-pyrrole nitrogens is 1. The van der Waals surface area contributed by atoms with Crippen molar-refractivity contribution >= 4 is 23.0 Å². The maximum absolute atomic E-state index is 11.3. The second-order valence-electron chi connectivity index (χ2n) is 4.49. The number of nitrogens with zero attached hydrogens (tertiary/aromatic N) is 1. The van der Waals surface area contributed by atoms with Crippen molar-refractivity contribution < 1.29 is 9.53 Å². The van der Waals surface area contributed by atoms with Gasteiger partial charge in [-0.3, -0.25) is 4.79 Å². The van der Waals surface area contributed by atoms with E-state index in [2.05, 4.69) is 20.6 Å². The van der Waals surface area contributed by atoms with E-state index in [9.17, 15) is 4.79 Å². The van der Waals surface area contributed by atoms with Gasteiger partial charge >= 0.3 is 0 Å². The van der Waals surface area contributed by atoms with Crippen molar-refractivity contribution in [1.29, 1.82) is 0 Å². The van der Waals surface area contributed by atoms with Crippen molar-refractivity contribution in [3.8, 4) is 5.75 Å². The number of amides is 1. The monoisotopic (exact) mass is 273 g/mol. The van der Waals surface area contributed by atoms with Crippen LogP contribution in [-0.4, -0.2) is 29.0 Å². The number of imidazole rings is 1. The van der Waals surface area contributed by atoms with Crippen LogP contribution >= 0.6 is 0 Å². The summed E-state index contributed by atoms with van der Waals surface area (Å²) in [5, 5.41) is 5.98. The molecule has 7 heteroatoms. The number of ether oxygens (including phenoxy) is 1. The van der Waals surface area contributed by atoms with E-state index in [0.717, 1.165) is 17.9 Å². The summed E-state index contributed by atoms with van der Waals surface area (Å²) < 4.78 is 5.30. The fraction of sp³-hybridized carbons (Fsp3) is 0.231. The Bertz CT molecular complexity index is 624. The zero-order chi connectivity index (χ0) is 13.9. The summed E-state index contributed by atoms with van der Waals surface area (Å²) in [7, 11) is 0. The molecule has 0 radical (unpaired) electrons. The second-order valence-corrected chi connectivity index (χ2v) is 4.49. The fourth-order valence-corrected chi connectivity index (χ4v) is 2.05. The largest absolute Gasteiger partial charge is 0.482 e. The van der Waals surface area contributed by atoms with Gasteiger partial charge in [-0.05, 0) is 6.07 Å². The second kappa shape index (κ2) is 5.12. The van der Waals surface area contributed by atoms with E-state index < -0.39 is 0 Å². The number of anilines is 3. The molecule has 7 nitrogen and oxygen atoms in total. The predicted molar refractivity (Wildman–Crippen MR) is 75.8 cm³/mol. The third kappa shape index (κ3) is 2.51. The first-order valence-electron chi connectivity index (χ1n) is 6.30. The Hall–Kier alpha value is -2.70. The first-order chi connectivity index (χ1) is 9.72. The van der Waals surface area contributed by atoms with Gasteiger partial charge in [0.2, 0.25) is 0 Å². The van der Waals surface area contributed by atoms with Crippen LogP contribution < -0.4 is 21.1 Å². The molecule has 0 saturated heterocycles. The molecule has 0 bridgehead atoms. The van der Waals surface area contributed by atoms with Crippen molar-refractivity contribution in [2.45, 2.75) is 6.42 Å². The summed E-state index contributed by atoms with van der Waals surface area (Å²) >= 11 is 0. The number of carbonyl (C=O) groups excluding carboxylic acids is 1. The van der Waals surface area contributed by atoms with Gasteiger partial charge in [0.15, 0.2) is 6.61 Å². The number of fused-ring (bicyclic) bond motifs is 1. The maximum atomic E-state index is 11.3. The summed E-state index contributed by atoms with van der Waals surface area (Å²) in [6.07, 6.45) is 4.26. The van der Waals surface area contributed by atoms with Crippen molar-refractivity contribution in [3.63, 3.8) is 0 Å². The van der Waals surface area contributed by atoms with Crippen LogP contribution in [0.2, 0.25) is 0 Å². The Kier molecular flexibility index (Phi) is 3.16. The van der Waals surface area contributed by atoms with Gasteiger partial charge in [0.25, 0.3) is 5.91 Å². The van der Waals surface area contributed by atoms with Crippen LogP contribution in [0.25, 0.3) is 0 Å². The molecule has 1 aromatic heterocycles. The Morgan fingerprint density at radius 3 is 3.15 bits per heavy atom. The number of rotatable bonds is 4. The average molecular weight is 273 g/mol. The standard InChI is InChI=1S/C13H15N5O2/c14-8-5-11-10(18-13(19)7-20-11)6-9(8)15-2-1-12-16-3-4-17-12/h3-6,15H,1-2,7,14H2,(H,16,17)(H,18,19). The van der Waals surface area contributed by atoms with Crippen LogP contribution in [0.3, 0.4) is 0 Å². The zero-order valence-electron chi connectivity index (χ0n) is 10.8. The van der Waals surface area contributed by atoms with Gasteiger partial charge in [0.05, 0.1) is 17.1 Å². The van der Waals surface area contributed by atoms with E-state index in [1.54, 1.807) is 24.5 Å². The lowest BCUT2D eigenvalue weighted by Gasteiger charge is -2.20. The molecule has 5 N–H and O–H groups in total. The fourth-order valence-electron chi connectivity index (χ4n) is 2.05. The lowest BCUT2D eigenvalue weighted by molar-refractivity contribution is -0.118. The Labute approximate surface area is 115 Å². The number of nitrogens with two attached hydrogens (primary N) is 1. The smallest absolute Gasteiger partial charge is 0.262 e. The molecule has 1 aliphatic rings. The van der Waals surface area contributed by atoms with Gasteiger partial charge in [-0.25, -0.2) is 4.98 Å². The van der Waals surface area contributed by atoms with Gasteiger partial charge < -0.3 is 26.1 Å². The lowest BCUT2D eigenvalue weighted by Crippen LogP contribution is -2.25. The van der Waals surface area contributed by atoms with Crippen LogP contribution in [0.15, 0.2) is 24.5 Å². The topological polar surface area (TPSA) is 105 Å². The van der Waals surface area contributed by atoms with Crippen molar-refractivity contribution in [3.05, 3.63) is 30.4 Å². The van der Waals surface area contributed by atoms with Gasteiger partial charge in [0.1, 0.15) is 11.6 Å². The number of hydrogen-bond acceptors (Lipinski definition) is 5. The van der Waals surface area contributed by atoms with Crippen molar-refractivity contribution in [2.75, 3.05) is 29.5 Å². The number of aromatic nitrogens is 2. The summed E-state index contributed by atoms with van der Waals surface area (Å²) in [6, 6.07) is 3.49. The molecule has 2 heterocycles. The van der Waals surface area contributed by atoms with Crippen LogP contribution in [0, 0.1) is 0 Å².